The highest BCUT2D eigenvalue weighted by Crippen LogP contribution is 2.24. The number of nitrogens with one attached hydrogen (secondary N) is 1. The topological polar surface area (TPSA) is 72.7 Å². The van der Waals surface area contributed by atoms with Crippen LogP contribution in [0.2, 0.25) is 0 Å². The van der Waals surface area contributed by atoms with Gasteiger partial charge in [0, 0.05) is 10.6 Å². The van der Waals surface area contributed by atoms with Crippen LogP contribution in [-0.4, -0.2) is 31.9 Å². The molecule has 0 saturated carbocycles. The van der Waals surface area contributed by atoms with Crippen LogP contribution in [0, 0.1) is 0 Å². The first-order valence-electron chi connectivity index (χ1n) is 7.93. The molecule has 1 aromatic carbocycles. The summed E-state index contributed by atoms with van der Waals surface area (Å²) < 4.78 is 1.71. The van der Waals surface area contributed by atoms with Crippen LogP contribution in [0.5, 0.6) is 0 Å². The summed E-state index contributed by atoms with van der Waals surface area (Å²) in [4.78, 5) is 13.5. The van der Waals surface area contributed by atoms with Crippen LogP contribution in [0.1, 0.15) is 30.2 Å². The second kappa shape index (κ2) is 8.26. The molecule has 1 N–H and O–H groups in total. The molecule has 1 amide bonds. The van der Waals surface area contributed by atoms with Crippen molar-refractivity contribution < 1.29 is 4.79 Å². The lowest BCUT2D eigenvalue weighted by molar-refractivity contribution is -0.113. The lowest BCUT2D eigenvalue weighted by Crippen LogP contribution is -2.16. The summed E-state index contributed by atoms with van der Waals surface area (Å²) in [6.07, 6.45) is 0. The number of carbonyl (C=O) groups is 1. The van der Waals surface area contributed by atoms with Crippen LogP contribution in [-0.2, 0) is 11.3 Å². The summed E-state index contributed by atoms with van der Waals surface area (Å²) in [6, 6.07) is 11.9. The van der Waals surface area contributed by atoms with Gasteiger partial charge in [-0.3, -0.25) is 4.79 Å². The maximum atomic E-state index is 12.3. The molecule has 0 aliphatic heterocycles. The number of thiophene rings is 1. The number of amides is 1. The minimum atomic E-state index is -0.0660. The van der Waals surface area contributed by atoms with Crippen molar-refractivity contribution in [2.75, 3.05) is 11.1 Å². The Hall–Kier alpha value is -2.19. The largest absolute Gasteiger partial charge is 0.325 e. The molecule has 0 aliphatic carbocycles. The van der Waals surface area contributed by atoms with Gasteiger partial charge in [-0.25, -0.2) is 4.68 Å². The van der Waals surface area contributed by atoms with E-state index in [0.29, 0.717) is 17.6 Å². The zero-order valence-electron chi connectivity index (χ0n) is 14.0. The van der Waals surface area contributed by atoms with Gasteiger partial charge in [-0.1, -0.05) is 49.9 Å². The zero-order chi connectivity index (χ0) is 17.6. The first-order chi connectivity index (χ1) is 12.1. The number of hydrogen-bond donors (Lipinski definition) is 1. The molecule has 0 fully saturated rings. The van der Waals surface area contributed by atoms with Gasteiger partial charge in [-0.2, -0.15) is 0 Å². The quantitative estimate of drug-likeness (QED) is 0.640. The summed E-state index contributed by atoms with van der Waals surface area (Å²) in [5, 5.41) is 17.4. The summed E-state index contributed by atoms with van der Waals surface area (Å²) in [7, 11) is 0. The van der Waals surface area contributed by atoms with Gasteiger partial charge >= 0.3 is 0 Å². The van der Waals surface area contributed by atoms with Crippen molar-refractivity contribution in [2.45, 2.75) is 31.5 Å². The van der Waals surface area contributed by atoms with Crippen LogP contribution in [0.15, 0.2) is 46.9 Å². The Morgan fingerprint density at radius 3 is 2.88 bits per heavy atom. The molecule has 2 aromatic heterocycles. The molecule has 2 heterocycles. The van der Waals surface area contributed by atoms with Crippen molar-refractivity contribution in [3.8, 4) is 0 Å². The summed E-state index contributed by atoms with van der Waals surface area (Å²) >= 11 is 2.99. The van der Waals surface area contributed by atoms with Gasteiger partial charge in [0.2, 0.25) is 11.1 Å². The highest BCUT2D eigenvalue weighted by Gasteiger charge is 2.13. The molecular weight excluding hydrogens is 354 g/mol. The molecule has 6 nitrogen and oxygen atoms in total. The molecule has 8 heteroatoms. The van der Waals surface area contributed by atoms with Crippen molar-refractivity contribution in [3.63, 3.8) is 0 Å². The monoisotopic (exact) mass is 373 g/mol. The summed E-state index contributed by atoms with van der Waals surface area (Å²) in [5.41, 5.74) is 1.99. The van der Waals surface area contributed by atoms with Crippen LogP contribution in [0.3, 0.4) is 0 Å². The van der Waals surface area contributed by atoms with E-state index in [2.05, 4.69) is 34.7 Å². The Bertz CT molecular complexity index is 829. The number of para-hydroxylation sites is 1. The normalized spacial score (nSPS) is 11.0. The highest BCUT2D eigenvalue weighted by atomic mass is 32.2. The predicted octanol–water partition coefficient (Wildman–Crippen LogP) is 3.64. The Morgan fingerprint density at radius 2 is 2.12 bits per heavy atom. The second-order valence-electron chi connectivity index (χ2n) is 5.78. The van der Waals surface area contributed by atoms with E-state index >= 15 is 0 Å². The maximum Gasteiger partial charge on any atom is 0.234 e. The minimum Gasteiger partial charge on any atom is -0.325 e. The number of thioether (sulfide) groups is 1. The molecule has 130 valence electrons. The standard InChI is InChI=1S/C17H19N5OS2/c1-12(2)14-7-3-4-8-15(14)18-16(23)11-25-17-19-20-21-22(17)10-13-6-5-9-24-13/h3-9,12H,10-11H2,1-2H3,(H,18,23). The van der Waals surface area contributed by atoms with E-state index < -0.39 is 0 Å². The van der Waals surface area contributed by atoms with Gasteiger partial charge < -0.3 is 5.32 Å². The molecule has 0 atom stereocenters. The average Bonchev–Trinajstić information content (AvgIpc) is 3.26. The van der Waals surface area contributed by atoms with Crippen molar-refractivity contribution >= 4 is 34.7 Å². The van der Waals surface area contributed by atoms with Crippen molar-refractivity contribution in [3.05, 3.63) is 52.2 Å². The number of tetrazole rings is 1. The molecule has 0 aliphatic rings. The first kappa shape index (κ1) is 17.6. The number of benzene rings is 1. The van der Waals surface area contributed by atoms with E-state index in [4.69, 9.17) is 0 Å². The molecule has 3 aromatic rings. The number of nitrogens with zero attached hydrogens (tertiary/aromatic N) is 4. The molecule has 0 spiro atoms. The van der Waals surface area contributed by atoms with E-state index in [1.807, 2.05) is 41.8 Å². The maximum absolute atomic E-state index is 12.3. The summed E-state index contributed by atoms with van der Waals surface area (Å²) in [5.74, 6) is 0.545. The fourth-order valence-electron chi connectivity index (χ4n) is 2.38. The van der Waals surface area contributed by atoms with Gasteiger partial charge in [0.05, 0.1) is 12.3 Å². The average molecular weight is 374 g/mol. The highest BCUT2D eigenvalue weighted by molar-refractivity contribution is 7.99. The van der Waals surface area contributed by atoms with Crippen molar-refractivity contribution in [2.24, 2.45) is 0 Å². The summed E-state index contributed by atoms with van der Waals surface area (Å²) in [6.45, 7) is 4.84. The number of carbonyl (C=O) groups excluding carboxylic acids is 1. The Morgan fingerprint density at radius 1 is 1.28 bits per heavy atom. The third kappa shape index (κ3) is 4.67. The molecular formula is C17H19N5OS2. The number of rotatable bonds is 7. The molecule has 0 radical (unpaired) electrons. The van der Waals surface area contributed by atoms with Gasteiger partial charge in [0.25, 0.3) is 0 Å². The van der Waals surface area contributed by atoms with Crippen LogP contribution < -0.4 is 5.32 Å². The van der Waals surface area contributed by atoms with Crippen LogP contribution in [0.4, 0.5) is 5.69 Å². The molecule has 25 heavy (non-hydrogen) atoms. The Kier molecular flexibility index (Phi) is 5.83. The number of aromatic nitrogens is 4. The number of hydrogen-bond acceptors (Lipinski definition) is 6. The number of anilines is 1. The van der Waals surface area contributed by atoms with Crippen molar-refractivity contribution in [1.29, 1.82) is 0 Å². The van der Waals surface area contributed by atoms with E-state index in [-0.39, 0.29) is 11.7 Å². The predicted molar refractivity (Wildman–Crippen MR) is 101 cm³/mol. The Labute approximate surface area is 154 Å². The molecule has 0 saturated heterocycles. The fourth-order valence-corrected chi connectivity index (χ4v) is 3.74. The lowest BCUT2D eigenvalue weighted by atomic mass is 10.0. The van der Waals surface area contributed by atoms with E-state index in [0.717, 1.165) is 11.3 Å². The lowest BCUT2D eigenvalue weighted by Gasteiger charge is -2.13. The minimum absolute atomic E-state index is 0.0660. The van der Waals surface area contributed by atoms with E-state index in [9.17, 15) is 4.79 Å². The smallest absolute Gasteiger partial charge is 0.234 e. The van der Waals surface area contributed by atoms with Gasteiger partial charge in [-0.05, 0) is 39.4 Å². The molecule has 0 unspecified atom stereocenters. The third-order valence-electron chi connectivity index (χ3n) is 3.57. The van der Waals surface area contributed by atoms with Crippen LogP contribution >= 0.6 is 23.1 Å². The fraction of sp³-hybridized carbons (Fsp3) is 0.294. The third-order valence-corrected chi connectivity index (χ3v) is 5.39. The van der Waals surface area contributed by atoms with Gasteiger partial charge in [0.15, 0.2) is 0 Å². The van der Waals surface area contributed by atoms with E-state index in [1.54, 1.807) is 16.0 Å². The Balaban J connectivity index is 1.59. The zero-order valence-corrected chi connectivity index (χ0v) is 15.7. The van der Waals surface area contributed by atoms with Crippen molar-refractivity contribution in [1.82, 2.24) is 20.2 Å². The SMILES string of the molecule is CC(C)c1ccccc1NC(=O)CSc1nnnn1Cc1cccs1. The first-order valence-corrected chi connectivity index (χ1v) is 9.80. The van der Waals surface area contributed by atoms with Crippen LogP contribution in [0.25, 0.3) is 0 Å². The molecule has 3 rings (SSSR count). The van der Waals surface area contributed by atoms with Gasteiger partial charge in [0.1, 0.15) is 0 Å². The van der Waals surface area contributed by atoms with E-state index in [1.165, 1.54) is 16.6 Å². The van der Waals surface area contributed by atoms with Gasteiger partial charge in [-0.15, -0.1) is 16.4 Å². The second-order valence-corrected chi connectivity index (χ2v) is 7.75. The molecule has 0 bridgehead atoms.